The number of hydrogen-bond donors (Lipinski definition) is 2. The number of benzene rings is 6. The van der Waals surface area contributed by atoms with Gasteiger partial charge in [0.1, 0.15) is 0 Å². The lowest BCUT2D eigenvalue weighted by Gasteiger charge is -2.07. The Labute approximate surface area is 246 Å². The largest absolute Gasteiger partial charge is 0.416 e. The third-order valence-electron chi connectivity index (χ3n) is 7.23. The minimum Gasteiger partial charge on any atom is -0.416 e. The van der Waals surface area contributed by atoms with Crippen LogP contribution < -0.4 is 10.6 Å². The minimum absolute atomic E-state index is 0.185. The molecule has 1 heterocycles. The molecule has 206 valence electrons. The predicted molar refractivity (Wildman–Crippen MR) is 169 cm³/mol. The van der Waals surface area contributed by atoms with E-state index in [4.69, 9.17) is 4.42 Å². The van der Waals surface area contributed by atoms with Gasteiger partial charge in [-0.25, -0.2) is 0 Å². The Morgan fingerprint density at radius 2 is 0.860 bits per heavy atom. The van der Waals surface area contributed by atoms with E-state index in [1.807, 2.05) is 109 Å². The first-order valence-corrected chi connectivity index (χ1v) is 13.7. The van der Waals surface area contributed by atoms with Gasteiger partial charge in [-0.15, -0.1) is 10.2 Å². The average molecular weight is 561 g/mol. The maximum atomic E-state index is 12.8. The summed E-state index contributed by atoms with van der Waals surface area (Å²) in [5.41, 5.74) is 3.93. The van der Waals surface area contributed by atoms with Crippen molar-refractivity contribution >= 4 is 44.7 Å². The van der Waals surface area contributed by atoms with Gasteiger partial charge in [0.15, 0.2) is 0 Å². The number of carbonyl (C=O) groups excluding carboxylic acids is 2. The summed E-state index contributed by atoms with van der Waals surface area (Å²) in [6.07, 6.45) is 0. The molecule has 0 aliphatic rings. The maximum absolute atomic E-state index is 12.8. The molecule has 0 aliphatic carbocycles. The average Bonchev–Trinajstić information content (AvgIpc) is 3.55. The first-order valence-electron chi connectivity index (χ1n) is 13.7. The summed E-state index contributed by atoms with van der Waals surface area (Å²) in [6.45, 7) is 0. The van der Waals surface area contributed by atoms with Gasteiger partial charge >= 0.3 is 0 Å². The van der Waals surface area contributed by atoms with E-state index in [0.717, 1.165) is 32.7 Å². The number of anilines is 2. The molecule has 0 aliphatic heterocycles. The molecular weight excluding hydrogens is 536 g/mol. The molecule has 7 aromatic rings. The number of rotatable bonds is 6. The van der Waals surface area contributed by atoms with Gasteiger partial charge in [-0.3, -0.25) is 9.59 Å². The zero-order valence-corrected chi connectivity index (χ0v) is 22.8. The van der Waals surface area contributed by atoms with Crippen molar-refractivity contribution < 1.29 is 14.0 Å². The quantitative estimate of drug-likeness (QED) is 0.214. The van der Waals surface area contributed by atoms with E-state index in [-0.39, 0.29) is 11.8 Å². The van der Waals surface area contributed by atoms with E-state index in [1.54, 1.807) is 24.3 Å². The number of hydrogen-bond acceptors (Lipinski definition) is 5. The van der Waals surface area contributed by atoms with Crippen molar-refractivity contribution in [3.05, 3.63) is 145 Å². The van der Waals surface area contributed by atoms with E-state index >= 15 is 0 Å². The Morgan fingerprint density at radius 3 is 1.28 bits per heavy atom. The number of fused-ring (bicyclic) bond motifs is 2. The number of nitrogens with one attached hydrogen (secondary N) is 2. The second-order valence-electron chi connectivity index (χ2n) is 10.1. The molecule has 0 saturated heterocycles. The molecule has 43 heavy (non-hydrogen) atoms. The molecular formula is C36H24N4O3. The highest BCUT2D eigenvalue weighted by molar-refractivity contribution is 6.07. The van der Waals surface area contributed by atoms with E-state index in [0.29, 0.717) is 34.3 Å². The molecule has 0 fully saturated rings. The van der Waals surface area contributed by atoms with E-state index in [1.165, 1.54) is 0 Å². The second kappa shape index (κ2) is 11.1. The van der Waals surface area contributed by atoms with Crippen molar-refractivity contribution in [2.24, 2.45) is 0 Å². The van der Waals surface area contributed by atoms with Crippen LogP contribution in [-0.4, -0.2) is 22.0 Å². The molecule has 6 aromatic carbocycles. The van der Waals surface area contributed by atoms with Crippen LogP contribution in [0, 0.1) is 0 Å². The highest BCUT2D eigenvalue weighted by Crippen LogP contribution is 2.27. The monoisotopic (exact) mass is 560 g/mol. The molecule has 7 nitrogen and oxygen atoms in total. The van der Waals surface area contributed by atoms with Crippen LogP contribution >= 0.6 is 0 Å². The van der Waals surface area contributed by atoms with Crippen molar-refractivity contribution in [3.63, 3.8) is 0 Å². The van der Waals surface area contributed by atoms with Gasteiger partial charge in [0, 0.05) is 33.6 Å². The fourth-order valence-electron chi connectivity index (χ4n) is 4.92. The Balaban J connectivity index is 1.00. The van der Waals surface area contributed by atoms with Gasteiger partial charge in [-0.05, 0) is 94.3 Å². The van der Waals surface area contributed by atoms with Gasteiger partial charge in [-0.1, -0.05) is 60.7 Å². The lowest BCUT2D eigenvalue weighted by atomic mass is 10.1. The van der Waals surface area contributed by atoms with Crippen LogP contribution in [0.25, 0.3) is 44.5 Å². The molecule has 7 heteroatoms. The van der Waals surface area contributed by atoms with Crippen molar-refractivity contribution in [2.45, 2.75) is 0 Å². The summed E-state index contributed by atoms with van der Waals surface area (Å²) in [5, 5.41) is 18.4. The molecule has 0 spiro atoms. The van der Waals surface area contributed by atoms with Crippen LogP contribution in [0.2, 0.25) is 0 Å². The van der Waals surface area contributed by atoms with Crippen molar-refractivity contribution in [2.75, 3.05) is 10.6 Å². The fourth-order valence-corrected chi connectivity index (χ4v) is 4.92. The lowest BCUT2D eigenvalue weighted by molar-refractivity contribution is 0.101. The molecule has 7 rings (SSSR count). The second-order valence-corrected chi connectivity index (χ2v) is 10.1. The van der Waals surface area contributed by atoms with Gasteiger partial charge < -0.3 is 15.1 Å². The fraction of sp³-hybridized carbons (Fsp3) is 0. The SMILES string of the molecule is O=C(Nc1ccc(-c2nnc(-c3ccc(NC(=O)c4ccc5ccccc5c4)cc3)o2)cc1)c1ccc2ccccc2c1. The molecule has 0 saturated carbocycles. The van der Waals surface area contributed by atoms with Crippen molar-refractivity contribution in [1.29, 1.82) is 0 Å². The van der Waals surface area contributed by atoms with E-state index < -0.39 is 0 Å². The van der Waals surface area contributed by atoms with E-state index in [2.05, 4.69) is 20.8 Å². The Bertz CT molecular complexity index is 1960. The lowest BCUT2D eigenvalue weighted by Crippen LogP contribution is -2.11. The Kier molecular flexibility index (Phi) is 6.65. The first-order chi connectivity index (χ1) is 21.1. The molecule has 0 atom stereocenters. The van der Waals surface area contributed by atoms with Crippen LogP contribution in [0.15, 0.2) is 138 Å². The number of carbonyl (C=O) groups is 2. The molecule has 1 aromatic heterocycles. The number of aromatic nitrogens is 2. The smallest absolute Gasteiger partial charge is 0.255 e. The summed E-state index contributed by atoms with van der Waals surface area (Å²) < 4.78 is 5.92. The summed E-state index contributed by atoms with van der Waals surface area (Å²) in [7, 11) is 0. The third kappa shape index (κ3) is 5.47. The Morgan fingerprint density at radius 1 is 0.465 bits per heavy atom. The Hall–Kier alpha value is -6.08. The molecule has 0 unspecified atom stereocenters. The molecule has 0 radical (unpaired) electrons. The van der Waals surface area contributed by atoms with Crippen molar-refractivity contribution in [1.82, 2.24) is 10.2 Å². The zero-order valence-electron chi connectivity index (χ0n) is 22.8. The van der Waals surface area contributed by atoms with Crippen LogP contribution in [-0.2, 0) is 0 Å². The highest BCUT2D eigenvalue weighted by atomic mass is 16.4. The summed E-state index contributed by atoms with van der Waals surface area (Å²) >= 11 is 0. The molecule has 2 amide bonds. The van der Waals surface area contributed by atoms with Crippen LogP contribution in [0.5, 0.6) is 0 Å². The van der Waals surface area contributed by atoms with Crippen LogP contribution in [0.1, 0.15) is 20.7 Å². The van der Waals surface area contributed by atoms with Gasteiger partial charge in [-0.2, -0.15) is 0 Å². The standard InChI is InChI=1S/C36H24N4O3/c41-33(29-11-9-23-5-1-3-7-27(23)21-29)37-31-17-13-25(14-18-31)35-39-40-36(43-35)26-15-19-32(20-16-26)38-34(42)30-12-10-24-6-2-4-8-28(24)22-30/h1-22H,(H,37,41)(H,38,42). The van der Waals surface area contributed by atoms with Crippen molar-refractivity contribution in [3.8, 4) is 22.9 Å². The van der Waals surface area contributed by atoms with E-state index in [9.17, 15) is 9.59 Å². The third-order valence-corrected chi connectivity index (χ3v) is 7.23. The summed E-state index contributed by atoms with van der Waals surface area (Å²) in [5.74, 6) is 0.345. The molecule has 0 bridgehead atoms. The maximum Gasteiger partial charge on any atom is 0.255 e. The summed E-state index contributed by atoms with van der Waals surface area (Å²) in [6, 6.07) is 41.6. The van der Waals surface area contributed by atoms with Gasteiger partial charge in [0.25, 0.3) is 11.8 Å². The number of amides is 2. The van der Waals surface area contributed by atoms with Crippen LogP contribution in [0.4, 0.5) is 11.4 Å². The first kappa shape index (κ1) is 25.9. The highest BCUT2D eigenvalue weighted by Gasteiger charge is 2.13. The normalized spacial score (nSPS) is 11.0. The predicted octanol–water partition coefficient (Wildman–Crippen LogP) is 8.21. The topological polar surface area (TPSA) is 97.1 Å². The summed E-state index contributed by atoms with van der Waals surface area (Å²) in [4.78, 5) is 25.6. The molecule has 2 N–H and O–H groups in total. The van der Waals surface area contributed by atoms with Gasteiger partial charge in [0.2, 0.25) is 11.8 Å². The van der Waals surface area contributed by atoms with Gasteiger partial charge in [0.05, 0.1) is 0 Å². The van der Waals surface area contributed by atoms with Crippen LogP contribution in [0.3, 0.4) is 0 Å². The zero-order chi connectivity index (χ0) is 29.2. The number of nitrogens with zero attached hydrogens (tertiary/aromatic N) is 2. The minimum atomic E-state index is -0.185.